The zero-order valence-corrected chi connectivity index (χ0v) is 8.01. The first-order chi connectivity index (χ1) is 7.20. The summed E-state index contributed by atoms with van der Waals surface area (Å²) in [6.07, 6.45) is 1.40. The number of likely N-dealkylation sites (tertiary alicyclic amines) is 1. The maximum absolute atomic E-state index is 11.9. The first-order valence-corrected chi connectivity index (χ1v) is 4.64. The van der Waals surface area contributed by atoms with Gasteiger partial charge in [0.05, 0.1) is 12.2 Å². The lowest BCUT2D eigenvalue weighted by Gasteiger charge is -2.38. The lowest BCUT2D eigenvalue weighted by atomic mass is 10.1. The third-order valence-corrected chi connectivity index (χ3v) is 2.44. The summed E-state index contributed by atoms with van der Waals surface area (Å²) in [6, 6.07) is 0.122. The van der Waals surface area contributed by atoms with Gasteiger partial charge in [0.15, 0.2) is 5.69 Å². The third-order valence-electron chi connectivity index (χ3n) is 2.44. The molecule has 0 aromatic carbocycles. The number of halogens is 1. The molecule has 82 valence electrons. The minimum atomic E-state index is -1.08. The summed E-state index contributed by atoms with van der Waals surface area (Å²) >= 11 is 0. The van der Waals surface area contributed by atoms with Crippen molar-refractivity contribution in [3.05, 3.63) is 11.9 Å². The lowest BCUT2D eigenvalue weighted by Crippen LogP contribution is -2.48. The average molecular weight is 214 g/mol. The summed E-state index contributed by atoms with van der Waals surface area (Å²) in [5.74, 6) is -1.08. The maximum Gasteiger partial charge on any atom is 0.358 e. The Balaban J connectivity index is 1.92. The van der Waals surface area contributed by atoms with Gasteiger partial charge in [0.1, 0.15) is 6.67 Å². The highest BCUT2D eigenvalue weighted by molar-refractivity contribution is 5.84. The Morgan fingerprint density at radius 3 is 2.93 bits per heavy atom. The molecule has 0 radical (unpaired) electrons. The molecule has 2 rings (SSSR count). The zero-order chi connectivity index (χ0) is 10.8. The van der Waals surface area contributed by atoms with E-state index in [9.17, 15) is 9.18 Å². The molecule has 1 fully saturated rings. The van der Waals surface area contributed by atoms with E-state index in [0.29, 0.717) is 19.6 Å². The predicted molar refractivity (Wildman–Crippen MR) is 48.4 cm³/mol. The smallest absolute Gasteiger partial charge is 0.358 e. The number of alkyl halides is 1. The number of aromatic nitrogens is 3. The van der Waals surface area contributed by atoms with Crippen LogP contribution in [0, 0.1) is 0 Å². The van der Waals surface area contributed by atoms with Crippen molar-refractivity contribution in [3.63, 3.8) is 0 Å². The van der Waals surface area contributed by atoms with Gasteiger partial charge in [-0.15, -0.1) is 5.10 Å². The topological polar surface area (TPSA) is 71.2 Å². The first-order valence-electron chi connectivity index (χ1n) is 4.64. The van der Waals surface area contributed by atoms with E-state index in [0.717, 1.165) is 0 Å². The summed E-state index contributed by atoms with van der Waals surface area (Å²) in [5.41, 5.74) is -0.0565. The molecule has 0 spiro atoms. The van der Waals surface area contributed by atoms with Crippen LogP contribution in [0.3, 0.4) is 0 Å². The fraction of sp³-hybridized carbons (Fsp3) is 0.625. The molecule has 2 heterocycles. The number of carbonyl (C=O) groups is 1. The van der Waals surface area contributed by atoms with Crippen LogP contribution in [-0.2, 0) is 0 Å². The normalized spacial score (nSPS) is 17.7. The van der Waals surface area contributed by atoms with Gasteiger partial charge in [0.2, 0.25) is 0 Å². The SMILES string of the molecule is O=C(O)c1cn(C2CN(CCF)C2)nn1. The summed E-state index contributed by atoms with van der Waals surface area (Å²) in [7, 11) is 0. The van der Waals surface area contributed by atoms with Crippen molar-refractivity contribution in [1.82, 2.24) is 19.9 Å². The molecule has 1 N–H and O–H groups in total. The van der Waals surface area contributed by atoms with Gasteiger partial charge in [-0.2, -0.15) is 0 Å². The number of aromatic carboxylic acids is 1. The molecule has 6 nitrogen and oxygen atoms in total. The van der Waals surface area contributed by atoms with E-state index in [1.54, 1.807) is 0 Å². The molecule has 0 saturated carbocycles. The number of carboxylic acid groups (broad SMARTS) is 1. The van der Waals surface area contributed by atoms with Crippen LogP contribution in [0.15, 0.2) is 6.20 Å². The van der Waals surface area contributed by atoms with E-state index in [4.69, 9.17) is 5.11 Å². The Morgan fingerprint density at radius 2 is 2.40 bits per heavy atom. The van der Waals surface area contributed by atoms with Crippen molar-refractivity contribution in [3.8, 4) is 0 Å². The molecule has 7 heteroatoms. The van der Waals surface area contributed by atoms with Crippen LogP contribution in [0.5, 0.6) is 0 Å². The average Bonchev–Trinajstić information content (AvgIpc) is 2.59. The van der Waals surface area contributed by atoms with Crippen LogP contribution < -0.4 is 0 Å². The Hall–Kier alpha value is -1.50. The molecule has 0 aliphatic carbocycles. The van der Waals surface area contributed by atoms with Gasteiger partial charge in [0.25, 0.3) is 0 Å². The van der Waals surface area contributed by atoms with E-state index in [1.165, 1.54) is 10.9 Å². The third kappa shape index (κ3) is 1.96. The summed E-state index contributed by atoms with van der Waals surface area (Å²) in [4.78, 5) is 12.5. The van der Waals surface area contributed by atoms with Crippen LogP contribution >= 0.6 is 0 Å². The second-order valence-corrected chi connectivity index (χ2v) is 3.49. The van der Waals surface area contributed by atoms with Gasteiger partial charge >= 0.3 is 5.97 Å². The van der Waals surface area contributed by atoms with E-state index in [-0.39, 0.29) is 18.4 Å². The van der Waals surface area contributed by atoms with Crippen LogP contribution in [0.1, 0.15) is 16.5 Å². The molecule has 1 aromatic heterocycles. The number of rotatable bonds is 4. The minimum absolute atomic E-state index is 0.0565. The molecule has 0 unspecified atom stereocenters. The van der Waals surface area contributed by atoms with E-state index < -0.39 is 5.97 Å². The Bertz CT molecular complexity index is 361. The van der Waals surface area contributed by atoms with E-state index in [2.05, 4.69) is 10.3 Å². The van der Waals surface area contributed by atoms with Crippen molar-refractivity contribution in [2.24, 2.45) is 0 Å². The Kier molecular flexibility index (Phi) is 2.63. The quantitative estimate of drug-likeness (QED) is 0.751. The number of hydrogen-bond acceptors (Lipinski definition) is 4. The molecule has 0 bridgehead atoms. The number of nitrogens with zero attached hydrogens (tertiary/aromatic N) is 4. The molecule has 15 heavy (non-hydrogen) atoms. The fourth-order valence-corrected chi connectivity index (χ4v) is 1.57. The fourth-order valence-electron chi connectivity index (χ4n) is 1.57. The van der Waals surface area contributed by atoms with E-state index in [1.807, 2.05) is 4.90 Å². The molecule has 1 aliphatic rings. The van der Waals surface area contributed by atoms with Crippen molar-refractivity contribution < 1.29 is 14.3 Å². The second-order valence-electron chi connectivity index (χ2n) is 3.49. The molecule has 0 amide bonds. The second kappa shape index (κ2) is 3.93. The Morgan fingerprint density at radius 1 is 1.67 bits per heavy atom. The molecule has 1 aliphatic heterocycles. The van der Waals surface area contributed by atoms with E-state index >= 15 is 0 Å². The summed E-state index contributed by atoms with van der Waals surface area (Å²) in [5, 5.41) is 15.9. The Labute approximate surface area is 85.3 Å². The molecule has 0 atom stereocenters. The van der Waals surface area contributed by atoms with Gasteiger partial charge in [-0.1, -0.05) is 5.21 Å². The monoisotopic (exact) mass is 214 g/mol. The van der Waals surface area contributed by atoms with Crippen molar-refractivity contribution in [2.75, 3.05) is 26.3 Å². The summed E-state index contributed by atoms with van der Waals surface area (Å²) < 4.78 is 13.5. The van der Waals surface area contributed by atoms with Gasteiger partial charge in [-0.05, 0) is 0 Å². The van der Waals surface area contributed by atoms with Crippen molar-refractivity contribution in [1.29, 1.82) is 0 Å². The van der Waals surface area contributed by atoms with Gasteiger partial charge in [-0.25, -0.2) is 13.9 Å². The van der Waals surface area contributed by atoms with Crippen LogP contribution in [0.25, 0.3) is 0 Å². The molecular weight excluding hydrogens is 203 g/mol. The number of carboxylic acids is 1. The van der Waals surface area contributed by atoms with Crippen LogP contribution in [0.2, 0.25) is 0 Å². The molecule has 1 aromatic rings. The van der Waals surface area contributed by atoms with Crippen molar-refractivity contribution in [2.45, 2.75) is 6.04 Å². The molecular formula is C8H11FN4O2. The standard InChI is InChI=1S/C8H11FN4O2/c9-1-2-12-3-6(4-12)13-5-7(8(14)15)10-11-13/h5-6H,1-4H2,(H,14,15). The molecule has 1 saturated heterocycles. The summed E-state index contributed by atoms with van der Waals surface area (Å²) in [6.45, 7) is 1.47. The minimum Gasteiger partial charge on any atom is -0.476 e. The lowest BCUT2D eigenvalue weighted by molar-refractivity contribution is 0.0690. The largest absolute Gasteiger partial charge is 0.476 e. The predicted octanol–water partition coefficient (Wildman–Crippen LogP) is -0.198. The highest BCUT2D eigenvalue weighted by Crippen LogP contribution is 2.19. The van der Waals surface area contributed by atoms with Gasteiger partial charge < -0.3 is 5.11 Å². The van der Waals surface area contributed by atoms with Gasteiger partial charge in [0, 0.05) is 19.6 Å². The maximum atomic E-state index is 11.9. The first kappa shape index (κ1) is 10.0. The highest BCUT2D eigenvalue weighted by atomic mass is 19.1. The number of hydrogen-bond donors (Lipinski definition) is 1. The van der Waals surface area contributed by atoms with Crippen LogP contribution in [-0.4, -0.2) is 57.3 Å². The van der Waals surface area contributed by atoms with Gasteiger partial charge in [-0.3, -0.25) is 4.90 Å². The zero-order valence-electron chi connectivity index (χ0n) is 8.01. The van der Waals surface area contributed by atoms with Crippen LogP contribution in [0.4, 0.5) is 4.39 Å². The highest BCUT2D eigenvalue weighted by Gasteiger charge is 2.29. The van der Waals surface area contributed by atoms with Crippen molar-refractivity contribution >= 4 is 5.97 Å².